The Hall–Kier alpha value is -0.400. The lowest BCUT2D eigenvalue weighted by Crippen LogP contribution is -2.59. The van der Waals surface area contributed by atoms with E-state index in [1.54, 1.807) is 0 Å². The van der Waals surface area contributed by atoms with Crippen molar-refractivity contribution >= 4 is 0 Å². The number of hydrogen-bond acceptors (Lipinski definition) is 10. The highest BCUT2D eigenvalue weighted by Crippen LogP contribution is 2.24. The molecule has 0 radical (unpaired) electrons. The van der Waals surface area contributed by atoms with Crippen molar-refractivity contribution in [3.05, 3.63) is 0 Å². The summed E-state index contributed by atoms with van der Waals surface area (Å²) in [6.45, 7) is 10.8. The van der Waals surface area contributed by atoms with Crippen LogP contribution in [0.2, 0.25) is 0 Å². The normalized spacial score (nSPS) is 12.6. The second kappa shape index (κ2) is 17.5. The third-order valence-electron chi connectivity index (χ3n) is 5.42. The average molecular weight is 405 g/mol. The van der Waals surface area contributed by atoms with Gasteiger partial charge < -0.3 is 49.9 Å². The largest absolute Gasteiger partial charge is 0.329 e. The molecule has 0 spiro atoms. The lowest BCUT2D eigenvalue weighted by Gasteiger charge is -2.45. The summed E-state index contributed by atoms with van der Waals surface area (Å²) in [7, 11) is 0. The van der Waals surface area contributed by atoms with Crippen LogP contribution in [0.15, 0.2) is 0 Å². The minimum Gasteiger partial charge on any atom is -0.329 e. The number of nitrogens with zero attached hydrogens (tertiary/aromatic N) is 3. The van der Waals surface area contributed by atoms with E-state index < -0.39 is 0 Å². The van der Waals surface area contributed by atoms with Crippen molar-refractivity contribution in [2.24, 2.45) is 40.1 Å². The molecule has 0 bridgehead atoms. The smallest absolute Gasteiger partial charge is 0.0357 e. The minimum atomic E-state index is -0.179. The van der Waals surface area contributed by atoms with Crippen molar-refractivity contribution in [3.63, 3.8) is 0 Å². The molecule has 0 heterocycles. The van der Waals surface area contributed by atoms with Gasteiger partial charge >= 0.3 is 0 Å². The fraction of sp³-hybridized carbons (Fsp3) is 1.00. The first-order valence-corrected chi connectivity index (χ1v) is 10.7. The maximum atomic E-state index is 6.38. The van der Waals surface area contributed by atoms with Gasteiger partial charge in [0.25, 0.3) is 0 Å². The minimum absolute atomic E-state index is 0.179. The van der Waals surface area contributed by atoms with Gasteiger partial charge in [0.15, 0.2) is 0 Å². The van der Waals surface area contributed by atoms with Crippen LogP contribution in [0.25, 0.3) is 0 Å². The molecule has 10 heteroatoms. The summed E-state index contributed by atoms with van der Waals surface area (Å²) in [6, 6.07) is 0. The zero-order valence-corrected chi connectivity index (χ0v) is 17.9. The molecule has 0 rings (SSSR count). The molecule has 0 aliphatic heterocycles. The maximum Gasteiger partial charge on any atom is 0.0357 e. The molecule has 170 valence electrons. The van der Waals surface area contributed by atoms with Crippen LogP contribution in [0.5, 0.6) is 0 Å². The highest BCUT2D eigenvalue weighted by Gasteiger charge is 2.35. The Bertz CT molecular complexity index is 306. The zero-order chi connectivity index (χ0) is 21.3. The summed E-state index contributed by atoms with van der Waals surface area (Å²) in [5.74, 6) is 0. The van der Waals surface area contributed by atoms with Gasteiger partial charge in [0, 0.05) is 104 Å². The molecule has 0 fully saturated rings. The lowest BCUT2D eigenvalue weighted by molar-refractivity contribution is 0.0593. The molecular weight excluding hydrogens is 356 g/mol. The van der Waals surface area contributed by atoms with Crippen molar-refractivity contribution in [1.29, 1.82) is 0 Å². The predicted octanol–water partition coefficient (Wildman–Crippen LogP) is -3.88. The first-order valence-electron chi connectivity index (χ1n) is 10.7. The fourth-order valence-electron chi connectivity index (χ4n) is 3.81. The zero-order valence-electron chi connectivity index (χ0n) is 17.9. The molecule has 0 aromatic heterocycles. The Morgan fingerprint density at radius 3 is 1.00 bits per heavy atom. The monoisotopic (exact) mass is 404 g/mol. The predicted molar refractivity (Wildman–Crippen MR) is 120 cm³/mol. The highest BCUT2D eigenvalue weighted by molar-refractivity contribution is 4.94. The maximum absolute atomic E-state index is 6.38. The van der Waals surface area contributed by atoms with Crippen LogP contribution in [0, 0.1) is 0 Å². The van der Waals surface area contributed by atoms with E-state index in [0.717, 1.165) is 65.2 Å². The molecule has 0 unspecified atom stereocenters. The molecular formula is C18H48N10. The van der Waals surface area contributed by atoms with Crippen molar-refractivity contribution in [3.8, 4) is 0 Å². The first kappa shape index (κ1) is 27.6. The summed E-state index contributed by atoms with van der Waals surface area (Å²) >= 11 is 0. The van der Waals surface area contributed by atoms with Gasteiger partial charge in [0.05, 0.1) is 0 Å². The first-order chi connectivity index (χ1) is 13.6. The van der Waals surface area contributed by atoms with Crippen LogP contribution in [0.3, 0.4) is 0 Å². The molecule has 0 saturated carbocycles. The summed E-state index contributed by atoms with van der Waals surface area (Å²) < 4.78 is 0. The van der Waals surface area contributed by atoms with Crippen LogP contribution in [-0.4, -0.2) is 118 Å². The lowest BCUT2D eigenvalue weighted by atomic mass is 9.87. The van der Waals surface area contributed by atoms with E-state index in [1.165, 1.54) is 0 Å². The van der Waals surface area contributed by atoms with Gasteiger partial charge in [-0.1, -0.05) is 0 Å². The second-order valence-electron chi connectivity index (χ2n) is 7.33. The number of nitrogens with two attached hydrogens (primary N) is 7. The molecule has 0 aromatic rings. The van der Waals surface area contributed by atoms with Gasteiger partial charge in [-0.25, -0.2) is 0 Å². The number of hydrogen-bond donors (Lipinski definition) is 7. The SMILES string of the molecule is NCCN(CCN)CCC(CN)(CCN(CCN)CCN)N(CCN)CCN. The van der Waals surface area contributed by atoms with E-state index in [1.807, 2.05) is 0 Å². The molecule has 0 amide bonds. The fourth-order valence-corrected chi connectivity index (χ4v) is 3.81. The Morgan fingerprint density at radius 2 is 0.750 bits per heavy atom. The van der Waals surface area contributed by atoms with Gasteiger partial charge in [-0.05, 0) is 12.8 Å². The summed E-state index contributed by atoms with van der Waals surface area (Å²) in [6.07, 6.45) is 1.84. The molecule has 0 saturated heterocycles. The Kier molecular flexibility index (Phi) is 17.2. The van der Waals surface area contributed by atoms with E-state index in [4.69, 9.17) is 40.1 Å². The van der Waals surface area contributed by atoms with E-state index in [9.17, 15) is 0 Å². The van der Waals surface area contributed by atoms with Gasteiger partial charge in [0.1, 0.15) is 0 Å². The second-order valence-corrected chi connectivity index (χ2v) is 7.33. The van der Waals surface area contributed by atoms with Crippen LogP contribution >= 0.6 is 0 Å². The van der Waals surface area contributed by atoms with E-state index in [-0.39, 0.29) is 5.54 Å². The molecule has 0 aliphatic rings. The standard InChI is InChI=1S/C18H48N10/c19-3-11-26(12-4-20)9-1-18(17-25,28(15-7-23)16-8-24)2-10-27(13-5-21)14-6-22/h1-17,19-25H2. The molecule has 28 heavy (non-hydrogen) atoms. The quantitative estimate of drug-likeness (QED) is 0.105. The molecule has 0 aliphatic carbocycles. The average Bonchev–Trinajstić information content (AvgIpc) is 2.69. The summed E-state index contributed by atoms with van der Waals surface area (Å²) in [4.78, 5) is 7.00. The summed E-state index contributed by atoms with van der Waals surface area (Å²) in [5.41, 5.74) is 41.1. The molecule has 0 atom stereocenters. The van der Waals surface area contributed by atoms with Gasteiger partial charge in [-0.15, -0.1) is 0 Å². The Balaban J connectivity index is 5.37. The molecule has 0 aromatic carbocycles. The van der Waals surface area contributed by atoms with Crippen LogP contribution in [0.4, 0.5) is 0 Å². The van der Waals surface area contributed by atoms with E-state index >= 15 is 0 Å². The highest BCUT2D eigenvalue weighted by atomic mass is 15.2. The van der Waals surface area contributed by atoms with Crippen LogP contribution < -0.4 is 40.1 Å². The van der Waals surface area contributed by atoms with Crippen LogP contribution in [-0.2, 0) is 0 Å². The Morgan fingerprint density at radius 1 is 0.429 bits per heavy atom. The van der Waals surface area contributed by atoms with Crippen LogP contribution in [0.1, 0.15) is 12.8 Å². The van der Waals surface area contributed by atoms with Crippen molar-refractivity contribution in [2.45, 2.75) is 18.4 Å². The van der Waals surface area contributed by atoms with Crippen molar-refractivity contribution in [1.82, 2.24) is 14.7 Å². The van der Waals surface area contributed by atoms with Gasteiger partial charge in [-0.3, -0.25) is 4.90 Å². The number of rotatable bonds is 20. The molecule has 10 nitrogen and oxygen atoms in total. The van der Waals surface area contributed by atoms with Gasteiger partial charge in [0.2, 0.25) is 0 Å². The van der Waals surface area contributed by atoms with Crippen molar-refractivity contribution < 1.29 is 0 Å². The van der Waals surface area contributed by atoms with E-state index in [2.05, 4.69) is 14.7 Å². The van der Waals surface area contributed by atoms with Gasteiger partial charge in [-0.2, -0.15) is 0 Å². The Labute approximate surface area is 172 Å². The third kappa shape index (κ3) is 10.4. The van der Waals surface area contributed by atoms with E-state index in [0.29, 0.717) is 45.8 Å². The molecule has 14 N–H and O–H groups in total. The van der Waals surface area contributed by atoms with Crippen molar-refractivity contribution in [2.75, 3.05) is 98.2 Å². The topological polar surface area (TPSA) is 192 Å². The summed E-state index contributed by atoms with van der Waals surface area (Å²) in [5, 5.41) is 0. The third-order valence-corrected chi connectivity index (χ3v) is 5.42.